The summed E-state index contributed by atoms with van der Waals surface area (Å²) in [4.78, 5) is 0. The van der Waals surface area contributed by atoms with Crippen molar-refractivity contribution >= 4 is 46.2 Å². The molecule has 2 aromatic rings. The maximum Gasteiger partial charge on any atom is 0.170 e. The van der Waals surface area contributed by atoms with Crippen molar-refractivity contribution < 1.29 is 4.74 Å². The fourth-order valence-electron chi connectivity index (χ4n) is 3.01. The summed E-state index contributed by atoms with van der Waals surface area (Å²) in [6.45, 7) is 6.15. The number of hydrogen-bond acceptors (Lipinski definition) is 3. The molecule has 2 heterocycles. The molecule has 0 saturated carbocycles. The van der Waals surface area contributed by atoms with E-state index in [4.69, 9.17) is 40.2 Å². The number of benzene rings is 1. The van der Waals surface area contributed by atoms with Gasteiger partial charge in [-0.15, -0.1) is 0 Å². The van der Waals surface area contributed by atoms with Crippen LogP contribution in [0.5, 0.6) is 0 Å². The molecular weight excluding hydrogens is 391 g/mol. The van der Waals surface area contributed by atoms with Gasteiger partial charge in [-0.2, -0.15) is 5.10 Å². The van der Waals surface area contributed by atoms with E-state index >= 15 is 0 Å². The van der Waals surface area contributed by atoms with Gasteiger partial charge < -0.3 is 15.4 Å². The number of ether oxygens (including phenoxy) is 1. The summed E-state index contributed by atoms with van der Waals surface area (Å²) in [7, 11) is 0. The van der Waals surface area contributed by atoms with Crippen molar-refractivity contribution in [1.29, 1.82) is 0 Å². The second-order valence-electron chi connectivity index (χ2n) is 6.42. The Labute approximate surface area is 169 Å². The van der Waals surface area contributed by atoms with E-state index in [1.807, 2.05) is 30.7 Å². The van der Waals surface area contributed by atoms with Crippen molar-refractivity contribution in [2.24, 2.45) is 0 Å². The van der Waals surface area contributed by atoms with Gasteiger partial charge >= 0.3 is 0 Å². The Balaban J connectivity index is 1.65. The molecule has 0 amide bonds. The average molecular weight is 413 g/mol. The molecule has 0 radical (unpaired) electrons. The molecule has 140 valence electrons. The van der Waals surface area contributed by atoms with Crippen LogP contribution in [0.25, 0.3) is 0 Å². The zero-order valence-electron chi connectivity index (χ0n) is 14.8. The third-order valence-electron chi connectivity index (χ3n) is 4.45. The lowest BCUT2D eigenvalue weighted by Gasteiger charge is -2.14. The molecule has 1 aliphatic heterocycles. The monoisotopic (exact) mass is 412 g/mol. The highest BCUT2D eigenvalue weighted by Crippen LogP contribution is 2.25. The molecule has 2 N–H and O–H groups in total. The zero-order chi connectivity index (χ0) is 18.7. The van der Waals surface area contributed by atoms with Gasteiger partial charge in [0.25, 0.3) is 0 Å². The number of hydrogen-bond donors (Lipinski definition) is 2. The molecule has 26 heavy (non-hydrogen) atoms. The predicted octanol–water partition coefficient (Wildman–Crippen LogP) is 4.32. The molecule has 3 rings (SSSR count). The van der Waals surface area contributed by atoms with Gasteiger partial charge in [-0.05, 0) is 56.6 Å². The maximum atomic E-state index is 6.10. The number of thiocarbonyl (C=S) groups is 1. The molecule has 1 aliphatic rings. The summed E-state index contributed by atoms with van der Waals surface area (Å²) in [5.74, 6) is 0. The maximum absolute atomic E-state index is 6.10. The van der Waals surface area contributed by atoms with Gasteiger partial charge in [0.2, 0.25) is 0 Å². The molecule has 1 saturated heterocycles. The summed E-state index contributed by atoms with van der Waals surface area (Å²) < 4.78 is 7.53. The summed E-state index contributed by atoms with van der Waals surface area (Å²) in [5.41, 5.74) is 3.87. The van der Waals surface area contributed by atoms with Crippen LogP contribution >= 0.6 is 35.4 Å². The van der Waals surface area contributed by atoms with Gasteiger partial charge in [0.1, 0.15) is 0 Å². The van der Waals surface area contributed by atoms with Crippen LogP contribution in [-0.4, -0.2) is 34.1 Å². The molecule has 8 heteroatoms. The van der Waals surface area contributed by atoms with Crippen molar-refractivity contribution in [3.05, 3.63) is 45.2 Å². The van der Waals surface area contributed by atoms with Crippen molar-refractivity contribution in [3.63, 3.8) is 0 Å². The van der Waals surface area contributed by atoms with Crippen LogP contribution in [0.2, 0.25) is 10.0 Å². The Morgan fingerprint density at radius 3 is 2.85 bits per heavy atom. The lowest BCUT2D eigenvalue weighted by atomic mass is 10.2. The normalized spacial score (nSPS) is 16.7. The first kappa shape index (κ1) is 19.4. The number of nitrogens with one attached hydrogen (secondary N) is 2. The Bertz CT molecular complexity index is 803. The summed E-state index contributed by atoms with van der Waals surface area (Å²) >= 11 is 17.5. The third kappa shape index (κ3) is 4.68. The van der Waals surface area contributed by atoms with E-state index in [-0.39, 0.29) is 6.10 Å². The average Bonchev–Trinajstić information content (AvgIpc) is 3.21. The van der Waals surface area contributed by atoms with Gasteiger partial charge in [-0.1, -0.05) is 29.3 Å². The molecule has 0 bridgehead atoms. The molecule has 1 aromatic carbocycles. The fourth-order valence-corrected chi connectivity index (χ4v) is 3.52. The lowest BCUT2D eigenvalue weighted by molar-refractivity contribution is 0.114. The SMILES string of the molecule is Cc1nn(Cc2ccc(Cl)c(Cl)c2)c(C)c1NC(=S)NCC1CCCO1. The van der Waals surface area contributed by atoms with Crippen molar-refractivity contribution in [2.75, 3.05) is 18.5 Å². The number of nitrogens with zero attached hydrogens (tertiary/aromatic N) is 2. The van der Waals surface area contributed by atoms with E-state index in [2.05, 4.69) is 15.7 Å². The van der Waals surface area contributed by atoms with Crippen LogP contribution < -0.4 is 10.6 Å². The zero-order valence-corrected chi connectivity index (χ0v) is 17.1. The largest absolute Gasteiger partial charge is 0.376 e. The van der Waals surface area contributed by atoms with Crippen molar-refractivity contribution in [3.8, 4) is 0 Å². The number of halogens is 2. The lowest BCUT2D eigenvalue weighted by Crippen LogP contribution is -2.35. The van der Waals surface area contributed by atoms with E-state index in [9.17, 15) is 0 Å². The van der Waals surface area contributed by atoms with Gasteiger partial charge in [0.15, 0.2) is 5.11 Å². The summed E-state index contributed by atoms with van der Waals surface area (Å²) in [5, 5.41) is 12.8. The molecule has 0 aliphatic carbocycles. The highest BCUT2D eigenvalue weighted by atomic mass is 35.5. The molecule has 5 nitrogen and oxygen atoms in total. The van der Waals surface area contributed by atoms with Crippen LogP contribution in [0.3, 0.4) is 0 Å². The number of anilines is 1. The number of aromatic nitrogens is 2. The van der Waals surface area contributed by atoms with Crippen LogP contribution in [0.1, 0.15) is 29.8 Å². The Morgan fingerprint density at radius 2 is 2.15 bits per heavy atom. The number of rotatable bonds is 5. The summed E-state index contributed by atoms with van der Waals surface area (Å²) in [6.07, 6.45) is 2.44. The second-order valence-corrected chi connectivity index (χ2v) is 7.64. The van der Waals surface area contributed by atoms with E-state index in [0.29, 0.717) is 21.7 Å². The van der Waals surface area contributed by atoms with E-state index < -0.39 is 0 Å². The van der Waals surface area contributed by atoms with Crippen LogP contribution in [-0.2, 0) is 11.3 Å². The van der Waals surface area contributed by atoms with Crippen LogP contribution in [0.15, 0.2) is 18.2 Å². The minimum absolute atomic E-state index is 0.245. The van der Waals surface area contributed by atoms with Crippen LogP contribution in [0.4, 0.5) is 5.69 Å². The van der Waals surface area contributed by atoms with E-state index in [1.54, 1.807) is 6.07 Å². The quantitative estimate of drug-likeness (QED) is 0.715. The fraction of sp³-hybridized carbons (Fsp3) is 0.444. The summed E-state index contributed by atoms with van der Waals surface area (Å²) in [6, 6.07) is 5.61. The Morgan fingerprint density at radius 1 is 1.35 bits per heavy atom. The van der Waals surface area contributed by atoms with E-state index in [0.717, 1.165) is 48.6 Å². The standard InChI is InChI=1S/C18H22Cl2N4OS/c1-11-17(22-18(26)21-9-14-4-3-7-25-14)12(2)24(23-11)10-13-5-6-15(19)16(20)8-13/h5-6,8,14H,3-4,7,9-10H2,1-2H3,(H2,21,22,26). The second kappa shape index (κ2) is 8.57. The Kier molecular flexibility index (Phi) is 6.40. The molecule has 0 spiro atoms. The van der Waals surface area contributed by atoms with Crippen LogP contribution in [0, 0.1) is 13.8 Å². The highest BCUT2D eigenvalue weighted by Gasteiger charge is 2.17. The van der Waals surface area contributed by atoms with Crippen molar-refractivity contribution in [1.82, 2.24) is 15.1 Å². The van der Waals surface area contributed by atoms with Gasteiger partial charge in [-0.25, -0.2) is 0 Å². The first-order valence-electron chi connectivity index (χ1n) is 8.58. The predicted molar refractivity (Wildman–Crippen MR) is 110 cm³/mol. The first-order valence-corrected chi connectivity index (χ1v) is 9.75. The molecule has 1 atom stereocenters. The highest BCUT2D eigenvalue weighted by molar-refractivity contribution is 7.80. The molecule has 1 fully saturated rings. The Hall–Kier alpha value is -1.34. The minimum Gasteiger partial charge on any atom is -0.376 e. The minimum atomic E-state index is 0.245. The smallest absolute Gasteiger partial charge is 0.170 e. The van der Waals surface area contributed by atoms with Gasteiger partial charge in [0.05, 0.1) is 39.8 Å². The third-order valence-corrected chi connectivity index (χ3v) is 5.44. The molecule has 1 unspecified atom stereocenters. The van der Waals surface area contributed by atoms with Crippen molar-refractivity contribution in [2.45, 2.75) is 39.3 Å². The van der Waals surface area contributed by atoms with Gasteiger partial charge in [0, 0.05) is 13.2 Å². The van der Waals surface area contributed by atoms with Gasteiger partial charge in [-0.3, -0.25) is 4.68 Å². The number of aryl methyl sites for hydroxylation is 1. The molecular formula is C18H22Cl2N4OS. The molecule has 1 aromatic heterocycles. The topological polar surface area (TPSA) is 51.1 Å². The van der Waals surface area contributed by atoms with E-state index in [1.165, 1.54) is 0 Å². The first-order chi connectivity index (χ1) is 12.4.